The summed E-state index contributed by atoms with van der Waals surface area (Å²) in [6, 6.07) is 15.3. The molecule has 3 heteroatoms. The Labute approximate surface area is 112 Å². The fourth-order valence-electron chi connectivity index (χ4n) is 1.91. The first-order valence-corrected chi connectivity index (χ1v) is 6.09. The molecule has 0 aliphatic heterocycles. The second kappa shape index (κ2) is 5.57. The van der Waals surface area contributed by atoms with Gasteiger partial charge in [-0.1, -0.05) is 36.4 Å². The zero-order valence-corrected chi connectivity index (χ0v) is 11.0. The Kier molecular flexibility index (Phi) is 3.85. The number of hydrogen-bond donors (Lipinski definition) is 1. The van der Waals surface area contributed by atoms with Crippen LogP contribution in [0.4, 0.5) is 0 Å². The Morgan fingerprint density at radius 2 is 1.79 bits per heavy atom. The minimum Gasteiger partial charge on any atom is -0.497 e. The van der Waals surface area contributed by atoms with Crippen molar-refractivity contribution in [2.75, 3.05) is 7.11 Å². The number of ether oxygens (including phenoxy) is 1. The van der Waals surface area contributed by atoms with Crippen LogP contribution in [0.5, 0.6) is 5.75 Å². The van der Waals surface area contributed by atoms with Gasteiger partial charge in [-0.25, -0.2) is 0 Å². The van der Waals surface area contributed by atoms with Crippen LogP contribution in [0.25, 0.3) is 11.1 Å². The lowest BCUT2D eigenvalue weighted by Gasteiger charge is -2.09. The van der Waals surface area contributed by atoms with E-state index in [1.54, 1.807) is 14.0 Å². The summed E-state index contributed by atoms with van der Waals surface area (Å²) < 4.78 is 5.12. The molecule has 0 bridgehead atoms. The molecule has 3 nitrogen and oxygen atoms in total. The Morgan fingerprint density at radius 1 is 1.11 bits per heavy atom. The normalized spacial score (nSPS) is 11.9. The maximum Gasteiger partial charge on any atom is 0.310 e. The number of hydrogen-bond acceptors (Lipinski definition) is 2. The summed E-state index contributed by atoms with van der Waals surface area (Å²) in [7, 11) is 1.63. The van der Waals surface area contributed by atoms with Crippen LogP contribution in [0.15, 0.2) is 48.5 Å². The third-order valence-electron chi connectivity index (χ3n) is 3.18. The molecule has 0 radical (unpaired) electrons. The van der Waals surface area contributed by atoms with E-state index in [1.165, 1.54) is 0 Å². The minimum absolute atomic E-state index is 0.502. The van der Waals surface area contributed by atoms with Crippen LogP contribution >= 0.6 is 0 Å². The number of aliphatic carboxylic acids is 1. The van der Waals surface area contributed by atoms with E-state index in [0.29, 0.717) is 0 Å². The Balaban J connectivity index is 2.34. The van der Waals surface area contributed by atoms with Gasteiger partial charge in [-0.2, -0.15) is 0 Å². The molecule has 0 unspecified atom stereocenters. The van der Waals surface area contributed by atoms with E-state index in [9.17, 15) is 4.79 Å². The highest BCUT2D eigenvalue weighted by Crippen LogP contribution is 2.25. The molecule has 2 rings (SSSR count). The van der Waals surface area contributed by atoms with Crippen LogP contribution in [0.2, 0.25) is 0 Å². The first kappa shape index (κ1) is 13.1. The van der Waals surface area contributed by atoms with E-state index in [-0.39, 0.29) is 0 Å². The molecular weight excluding hydrogens is 240 g/mol. The summed E-state index contributed by atoms with van der Waals surface area (Å²) in [6.07, 6.45) is 0. The zero-order valence-electron chi connectivity index (χ0n) is 11.0. The third-order valence-corrected chi connectivity index (χ3v) is 3.18. The van der Waals surface area contributed by atoms with Crippen LogP contribution < -0.4 is 4.74 Å². The van der Waals surface area contributed by atoms with E-state index in [2.05, 4.69) is 0 Å². The van der Waals surface area contributed by atoms with Gasteiger partial charge >= 0.3 is 5.97 Å². The molecule has 98 valence electrons. The molecule has 0 saturated carbocycles. The number of methoxy groups -OCH3 is 1. The molecule has 0 fully saturated rings. The van der Waals surface area contributed by atoms with Gasteiger partial charge in [0, 0.05) is 0 Å². The lowest BCUT2D eigenvalue weighted by Crippen LogP contribution is -2.07. The van der Waals surface area contributed by atoms with Gasteiger partial charge in [-0.15, -0.1) is 0 Å². The first-order chi connectivity index (χ1) is 9.11. The SMILES string of the molecule is COc1ccc(-c2cccc([C@@H](C)C(=O)O)c2)cc1. The second-order valence-corrected chi connectivity index (χ2v) is 4.41. The molecular formula is C16H16O3. The Bertz CT molecular complexity index is 573. The van der Waals surface area contributed by atoms with Crippen LogP contribution in [0, 0.1) is 0 Å². The summed E-state index contributed by atoms with van der Waals surface area (Å²) in [5.74, 6) is -0.510. The summed E-state index contributed by atoms with van der Waals surface area (Å²) in [6.45, 7) is 1.69. The van der Waals surface area contributed by atoms with Crippen molar-refractivity contribution in [3.8, 4) is 16.9 Å². The van der Waals surface area contributed by atoms with Crippen molar-refractivity contribution in [3.63, 3.8) is 0 Å². The summed E-state index contributed by atoms with van der Waals surface area (Å²) in [5.41, 5.74) is 2.86. The molecule has 0 aromatic heterocycles. The minimum atomic E-state index is -0.813. The van der Waals surface area contributed by atoms with Crippen LogP contribution in [-0.4, -0.2) is 18.2 Å². The molecule has 0 aliphatic rings. The van der Waals surface area contributed by atoms with Gasteiger partial charge in [0.1, 0.15) is 5.75 Å². The highest BCUT2D eigenvalue weighted by atomic mass is 16.5. The molecule has 1 N–H and O–H groups in total. The van der Waals surface area contributed by atoms with E-state index >= 15 is 0 Å². The molecule has 19 heavy (non-hydrogen) atoms. The smallest absolute Gasteiger partial charge is 0.310 e. The van der Waals surface area contributed by atoms with Gasteiger partial charge in [-0.05, 0) is 35.7 Å². The van der Waals surface area contributed by atoms with Crippen LogP contribution in [0.3, 0.4) is 0 Å². The molecule has 2 aromatic rings. The van der Waals surface area contributed by atoms with Crippen molar-refractivity contribution in [2.24, 2.45) is 0 Å². The number of carbonyl (C=O) groups is 1. The van der Waals surface area contributed by atoms with E-state index in [0.717, 1.165) is 22.4 Å². The number of carboxylic acid groups (broad SMARTS) is 1. The predicted octanol–water partition coefficient (Wildman–Crippen LogP) is 3.55. The Hall–Kier alpha value is -2.29. The summed E-state index contributed by atoms with van der Waals surface area (Å²) >= 11 is 0. The van der Waals surface area contributed by atoms with E-state index in [4.69, 9.17) is 9.84 Å². The Morgan fingerprint density at radius 3 is 2.37 bits per heavy atom. The lowest BCUT2D eigenvalue weighted by atomic mass is 9.96. The molecule has 2 aromatic carbocycles. The molecule has 0 saturated heterocycles. The van der Waals surface area contributed by atoms with Gasteiger partial charge < -0.3 is 9.84 Å². The largest absolute Gasteiger partial charge is 0.497 e. The monoisotopic (exact) mass is 256 g/mol. The van der Waals surface area contributed by atoms with Gasteiger partial charge in [-0.3, -0.25) is 4.79 Å². The molecule has 0 spiro atoms. The van der Waals surface area contributed by atoms with E-state index in [1.807, 2.05) is 48.5 Å². The zero-order chi connectivity index (χ0) is 13.8. The van der Waals surface area contributed by atoms with Crippen molar-refractivity contribution >= 4 is 5.97 Å². The highest BCUT2D eigenvalue weighted by Gasteiger charge is 2.13. The average Bonchev–Trinajstić information content (AvgIpc) is 2.46. The van der Waals surface area contributed by atoms with Crippen molar-refractivity contribution in [1.82, 2.24) is 0 Å². The molecule has 0 amide bonds. The topological polar surface area (TPSA) is 46.5 Å². The standard InChI is InChI=1S/C16H16O3/c1-11(16(17)18)13-4-3-5-14(10-13)12-6-8-15(19-2)9-7-12/h3-11H,1-2H3,(H,17,18)/t11-/m1/s1. The average molecular weight is 256 g/mol. The summed E-state index contributed by atoms with van der Waals surface area (Å²) in [5, 5.41) is 9.05. The number of carboxylic acids is 1. The van der Waals surface area contributed by atoms with Gasteiger partial charge in [0.15, 0.2) is 0 Å². The van der Waals surface area contributed by atoms with Crippen LogP contribution in [0.1, 0.15) is 18.4 Å². The predicted molar refractivity (Wildman–Crippen MR) is 74.5 cm³/mol. The van der Waals surface area contributed by atoms with Crippen molar-refractivity contribution in [1.29, 1.82) is 0 Å². The second-order valence-electron chi connectivity index (χ2n) is 4.41. The quantitative estimate of drug-likeness (QED) is 0.910. The number of benzene rings is 2. The van der Waals surface area contributed by atoms with Gasteiger partial charge in [0.2, 0.25) is 0 Å². The maximum absolute atomic E-state index is 11.0. The summed E-state index contributed by atoms with van der Waals surface area (Å²) in [4.78, 5) is 11.0. The first-order valence-electron chi connectivity index (χ1n) is 6.09. The fourth-order valence-corrected chi connectivity index (χ4v) is 1.91. The van der Waals surface area contributed by atoms with Crippen molar-refractivity contribution in [3.05, 3.63) is 54.1 Å². The number of rotatable bonds is 4. The van der Waals surface area contributed by atoms with Crippen molar-refractivity contribution in [2.45, 2.75) is 12.8 Å². The van der Waals surface area contributed by atoms with Gasteiger partial charge in [0.05, 0.1) is 13.0 Å². The van der Waals surface area contributed by atoms with Crippen LogP contribution in [-0.2, 0) is 4.79 Å². The fraction of sp³-hybridized carbons (Fsp3) is 0.188. The molecule has 1 atom stereocenters. The van der Waals surface area contributed by atoms with Crippen molar-refractivity contribution < 1.29 is 14.6 Å². The third kappa shape index (κ3) is 2.94. The highest BCUT2D eigenvalue weighted by molar-refractivity contribution is 5.76. The lowest BCUT2D eigenvalue weighted by molar-refractivity contribution is -0.138. The molecule has 0 heterocycles. The van der Waals surface area contributed by atoms with E-state index < -0.39 is 11.9 Å². The maximum atomic E-state index is 11.0. The molecule has 0 aliphatic carbocycles. The van der Waals surface area contributed by atoms with Gasteiger partial charge in [0.25, 0.3) is 0 Å².